The summed E-state index contributed by atoms with van der Waals surface area (Å²) in [6.45, 7) is 8.40. The zero-order valence-electron chi connectivity index (χ0n) is 16.7. The molecule has 0 aliphatic carbocycles. The van der Waals surface area contributed by atoms with E-state index in [2.05, 4.69) is 46.8 Å². The van der Waals surface area contributed by atoms with Crippen LogP contribution in [-0.4, -0.2) is 46.0 Å². The molecule has 0 bridgehead atoms. The molecule has 3 rings (SSSR count). The number of ether oxygens (including phenoxy) is 1. The molecule has 148 valence electrons. The molecule has 1 aliphatic heterocycles. The summed E-state index contributed by atoms with van der Waals surface area (Å²) in [7, 11) is 1.97. The first-order valence-electron chi connectivity index (χ1n) is 9.58. The first-order valence-corrected chi connectivity index (χ1v) is 10.4. The van der Waals surface area contributed by atoms with E-state index >= 15 is 0 Å². The van der Waals surface area contributed by atoms with Gasteiger partial charge in [-0.3, -0.25) is 0 Å². The van der Waals surface area contributed by atoms with Crippen molar-refractivity contribution in [2.75, 3.05) is 13.2 Å². The molecule has 0 aromatic carbocycles. The number of nitrogens with zero attached hydrogens (tertiary/aromatic N) is 4. The van der Waals surface area contributed by atoms with Crippen molar-refractivity contribution in [2.45, 2.75) is 58.7 Å². The molecule has 2 N–H and O–H groups in total. The number of guanidine groups is 1. The van der Waals surface area contributed by atoms with Crippen molar-refractivity contribution < 1.29 is 4.74 Å². The van der Waals surface area contributed by atoms with E-state index < -0.39 is 0 Å². The Morgan fingerprint density at radius 2 is 2.26 bits per heavy atom. The summed E-state index contributed by atoms with van der Waals surface area (Å²) in [6.07, 6.45) is 3.48. The lowest BCUT2D eigenvalue weighted by molar-refractivity contribution is 0.113. The number of rotatable bonds is 7. The second-order valence-corrected chi connectivity index (χ2v) is 8.54. The summed E-state index contributed by atoms with van der Waals surface area (Å²) in [5.41, 5.74) is 0. The van der Waals surface area contributed by atoms with E-state index in [0.29, 0.717) is 6.54 Å². The van der Waals surface area contributed by atoms with E-state index in [0.717, 1.165) is 50.0 Å². The number of aryl methyl sites for hydroxylation is 2. The van der Waals surface area contributed by atoms with Gasteiger partial charge in [-0.2, -0.15) is 0 Å². The second-order valence-electron chi connectivity index (χ2n) is 7.17. The summed E-state index contributed by atoms with van der Waals surface area (Å²) in [5.74, 6) is 2.54. The molecule has 0 amide bonds. The minimum Gasteiger partial charge on any atom is -0.376 e. The summed E-state index contributed by atoms with van der Waals surface area (Å²) < 4.78 is 7.69. The average Bonchev–Trinajstić information content (AvgIpc) is 3.36. The highest BCUT2D eigenvalue weighted by atomic mass is 32.1. The standard InChI is InChI=1S/C19H30N6OS/c1-13(10-17-8-7-14(2)27-17)22-19(20-11-16-6-5-9-26-16)21-12-18-24-23-15(3)25(18)4/h7-8,13,16H,5-6,9-12H2,1-4H3,(H2,20,21,22). The Balaban J connectivity index is 1.62. The van der Waals surface area contributed by atoms with Crippen LogP contribution in [-0.2, 0) is 24.8 Å². The quantitative estimate of drug-likeness (QED) is 0.561. The van der Waals surface area contributed by atoms with Crippen LogP contribution in [0, 0.1) is 13.8 Å². The Kier molecular flexibility index (Phi) is 6.84. The van der Waals surface area contributed by atoms with Crippen molar-refractivity contribution in [2.24, 2.45) is 12.0 Å². The Morgan fingerprint density at radius 1 is 1.41 bits per heavy atom. The van der Waals surface area contributed by atoms with Crippen LogP contribution in [0.4, 0.5) is 0 Å². The lowest BCUT2D eigenvalue weighted by Gasteiger charge is -2.19. The number of aromatic nitrogens is 3. The van der Waals surface area contributed by atoms with Crippen molar-refractivity contribution in [3.63, 3.8) is 0 Å². The molecule has 8 heteroatoms. The molecule has 27 heavy (non-hydrogen) atoms. The molecule has 0 spiro atoms. The van der Waals surface area contributed by atoms with Crippen LogP contribution in [0.2, 0.25) is 0 Å². The van der Waals surface area contributed by atoms with E-state index in [1.807, 2.05) is 29.9 Å². The normalized spacial score (nSPS) is 18.7. The van der Waals surface area contributed by atoms with E-state index in [4.69, 9.17) is 9.73 Å². The molecule has 1 saturated heterocycles. The third kappa shape index (κ3) is 5.77. The highest BCUT2D eigenvalue weighted by Crippen LogP contribution is 2.16. The van der Waals surface area contributed by atoms with Gasteiger partial charge < -0.3 is 19.9 Å². The monoisotopic (exact) mass is 390 g/mol. The SMILES string of the molecule is Cc1ccc(CC(C)NC(=NCc2nnc(C)n2C)NCC2CCCO2)s1. The molecular weight excluding hydrogens is 360 g/mol. The lowest BCUT2D eigenvalue weighted by Crippen LogP contribution is -2.45. The zero-order valence-corrected chi connectivity index (χ0v) is 17.5. The summed E-state index contributed by atoms with van der Waals surface area (Å²) in [6, 6.07) is 4.66. The van der Waals surface area contributed by atoms with Crippen LogP contribution in [0.1, 0.15) is 41.2 Å². The molecule has 0 saturated carbocycles. The minimum absolute atomic E-state index is 0.268. The predicted octanol–water partition coefficient (Wildman–Crippen LogP) is 2.34. The fourth-order valence-electron chi connectivity index (χ4n) is 3.09. The third-order valence-electron chi connectivity index (χ3n) is 4.77. The highest BCUT2D eigenvalue weighted by molar-refractivity contribution is 7.11. The van der Waals surface area contributed by atoms with Crippen LogP contribution < -0.4 is 10.6 Å². The van der Waals surface area contributed by atoms with Crippen LogP contribution >= 0.6 is 11.3 Å². The van der Waals surface area contributed by atoms with Crippen LogP contribution in [0.3, 0.4) is 0 Å². The van der Waals surface area contributed by atoms with Gasteiger partial charge in [-0.05, 0) is 45.7 Å². The lowest BCUT2D eigenvalue weighted by atomic mass is 10.2. The van der Waals surface area contributed by atoms with E-state index in [9.17, 15) is 0 Å². The molecule has 2 aromatic rings. The average molecular weight is 391 g/mol. The van der Waals surface area contributed by atoms with Gasteiger partial charge in [0.1, 0.15) is 12.4 Å². The van der Waals surface area contributed by atoms with Crippen molar-refractivity contribution >= 4 is 17.3 Å². The highest BCUT2D eigenvalue weighted by Gasteiger charge is 2.16. The van der Waals surface area contributed by atoms with Gasteiger partial charge in [0.15, 0.2) is 11.8 Å². The van der Waals surface area contributed by atoms with Gasteiger partial charge in [0.2, 0.25) is 0 Å². The van der Waals surface area contributed by atoms with Gasteiger partial charge >= 0.3 is 0 Å². The van der Waals surface area contributed by atoms with E-state index in [1.165, 1.54) is 9.75 Å². The van der Waals surface area contributed by atoms with Gasteiger partial charge in [0.25, 0.3) is 0 Å². The van der Waals surface area contributed by atoms with Crippen molar-refractivity contribution in [3.05, 3.63) is 33.5 Å². The fourth-order valence-corrected chi connectivity index (χ4v) is 4.11. The Labute approximate surface area is 165 Å². The molecule has 3 heterocycles. The smallest absolute Gasteiger partial charge is 0.192 e. The number of nitrogens with one attached hydrogen (secondary N) is 2. The topological polar surface area (TPSA) is 76.4 Å². The van der Waals surface area contributed by atoms with Crippen molar-refractivity contribution in [1.29, 1.82) is 0 Å². The molecule has 1 fully saturated rings. The maximum atomic E-state index is 5.72. The molecule has 0 radical (unpaired) electrons. The molecule has 2 aromatic heterocycles. The van der Waals surface area contributed by atoms with Gasteiger partial charge in [-0.25, -0.2) is 4.99 Å². The maximum Gasteiger partial charge on any atom is 0.192 e. The third-order valence-corrected chi connectivity index (χ3v) is 5.79. The fraction of sp³-hybridized carbons (Fsp3) is 0.632. The Bertz CT molecular complexity index is 762. The molecule has 2 atom stereocenters. The van der Waals surface area contributed by atoms with Crippen molar-refractivity contribution in [3.8, 4) is 0 Å². The number of hydrogen-bond acceptors (Lipinski definition) is 5. The summed E-state index contributed by atoms with van der Waals surface area (Å²) in [4.78, 5) is 7.47. The zero-order chi connectivity index (χ0) is 19.2. The van der Waals surface area contributed by atoms with Crippen molar-refractivity contribution in [1.82, 2.24) is 25.4 Å². The first-order chi connectivity index (χ1) is 13.0. The minimum atomic E-state index is 0.268. The Morgan fingerprint density at radius 3 is 2.89 bits per heavy atom. The number of thiophene rings is 1. The van der Waals surface area contributed by atoms with Crippen LogP contribution in [0.5, 0.6) is 0 Å². The van der Waals surface area contributed by atoms with Gasteiger partial charge in [0, 0.05) is 42.4 Å². The number of hydrogen-bond donors (Lipinski definition) is 2. The van der Waals surface area contributed by atoms with Gasteiger partial charge in [0.05, 0.1) is 6.10 Å². The molecule has 1 aliphatic rings. The first kappa shape index (κ1) is 19.8. The molecule has 2 unspecified atom stereocenters. The largest absolute Gasteiger partial charge is 0.376 e. The van der Waals surface area contributed by atoms with Crippen LogP contribution in [0.15, 0.2) is 17.1 Å². The second kappa shape index (κ2) is 9.32. The van der Waals surface area contributed by atoms with E-state index in [-0.39, 0.29) is 12.1 Å². The predicted molar refractivity (Wildman–Crippen MR) is 109 cm³/mol. The Hall–Kier alpha value is -1.93. The molecular formula is C19H30N6OS. The number of aliphatic imine (C=N–C) groups is 1. The maximum absolute atomic E-state index is 5.72. The van der Waals surface area contributed by atoms with Crippen LogP contribution in [0.25, 0.3) is 0 Å². The van der Waals surface area contributed by atoms with Gasteiger partial charge in [-0.15, -0.1) is 21.5 Å². The summed E-state index contributed by atoms with van der Waals surface area (Å²) in [5, 5.41) is 15.3. The van der Waals surface area contributed by atoms with Gasteiger partial charge in [-0.1, -0.05) is 0 Å². The van der Waals surface area contributed by atoms with E-state index in [1.54, 1.807) is 0 Å². The summed E-state index contributed by atoms with van der Waals surface area (Å²) >= 11 is 1.85. The molecule has 7 nitrogen and oxygen atoms in total.